The molecule has 1 aliphatic heterocycles. The van der Waals surface area contributed by atoms with Crippen LogP contribution in [0.1, 0.15) is 46.5 Å². The van der Waals surface area contributed by atoms with Crippen LogP contribution >= 0.6 is 0 Å². The van der Waals surface area contributed by atoms with Crippen molar-refractivity contribution in [2.24, 2.45) is 11.8 Å². The lowest BCUT2D eigenvalue weighted by atomic mass is 9.91. The summed E-state index contributed by atoms with van der Waals surface area (Å²) in [5.74, 6) is -0.729. The smallest absolute Gasteiger partial charge is 0.410 e. The lowest BCUT2D eigenvalue weighted by Crippen LogP contribution is -2.51. The molecule has 0 spiro atoms. The lowest BCUT2D eigenvalue weighted by molar-refractivity contribution is -0.144. The number of carboxylic acid groups (broad SMARTS) is 1. The minimum atomic E-state index is -0.817. The summed E-state index contributed by atoms with van der Waals surface area (Å²) in [5, 5.41) is 9.13. The van der Waals surface area contributed by atoms with Gasteiger partial charge in [0.1, 0.15) is 5.60 Å². The van der Waals surface area contributed by atoms with E-state index in [0.29, 0.717) is 12.3 Å². The van der Waals surface area contributed by atoms with Crippen LogP contribution in [0.4, 0.5) is 4.79 Å². The lowest BCUT2D eigenvalue weighted by Gasteiger charge is -2.39. The fourth-order valence-electron chi connectivity index (χ4n) is 2.70. The van der Waals surface area contributed by atoms with Gasteiger partial charge in [-0.2, -0.15) is 0 Å². The highest BCUT2D eigenvalue weighted by Crippen LogP contribution is 2.40. The third kappa shape index (κ3) is 3.61. The molecule has 1 N–H and O–H groups in total. The molecule has 0 aromatic heterocycles. The van der Waals surface area contributed by atoms with Crippen LogP contribution < -0.4 is 0 Å². The summed E-state index contributed by atoms with van der Waals surface area (Å²) in [4.78, 5) is 25.0. The average Bonchev–Trinajstić information content (AvgIpc) is 3.09. The molecule has 5 nitrogen and oxygen atoms in total. The number of likely N-dealkylation sites (tertiary alicyclic amines) is 1. The van der Waals surface area contributed by atoms with E-state index < -0.39 is 17.5 Å². The average molecular weight is 269 g/mol. The molecule has 2 atom stereocenters. The van der Waals surface area contributed by atoms with Crippen molar-refractivity contribution >= 4 is 12.1 Å². The quantitative estimate of drug-likeness (QED) is 0.836. The number of carbonyl (C=O) groups is 2. The Morgan fingerprint density at radius 2 is 1.79 bits per heavy atom. The predicted octanol–water partition coefficient (Wildman–Crippen LogP) is 2.50. The maximum absolute atomic E-state index is 12.2. The van der Waals surface area contributed by atoms with Crippen molar-refractivity contribution < 1.29 is 19.4 Å². The molecule has 0 aromatic carbocycles. The van der Waals surface area contributed by atoms with Crippen molar-refractivity contribution in [3.63, 3.8) is 0 Å². The van der Waals surface area contributed by atoms with Crippen molar-refractivity contribution in [1.29, 1.82) is 0 Å². The van der Waals surface area contributed by atoms with Crippen LogP contribution in [-0.4, -0.2) is 40.3 Å². The summed E-state index contributed by atoms with van der Waals surface area (Å²) in [6.07, 6.45) is 3.36. The number of amides is 1. The van der Waals surface area contributed by atoms with Crippen molar-refractivity contribution in [2.45, 2.75) is 58.1 Å². The molecule has 0 bridgehead atoms. The number of rotatable bonds is 2. The van der Waals surface area contributed by atoms with E-state index in [1.807, 2.05) is 20.8 Å². The maximum atomic E-state index is 12.2. The number of aliphatic carboxylic acids is 1. The first kappa shape index (κ1) is 14.2. The summed E-state index contributed by atoms with van der Waals surface area (Å²) >= 11 is 0. The van der Waals surface area contributed by atoms with Gasteiger partial charge in [0.25, 0.3) is 0 Å². The second-order valence-electron chi connectivity index (χ2n) is 6.65. The summed E-state index contributed by atoms with van der Waals surface area (Å²) in [7, 11) is 0. The Hall–Kier alpha value is -1.26. The zero-order valence-corrected chi connectivity index (χ0v) is 11.9. The number of hydrogen-bond acceptors (Lipinski definition) is 3. The van der Waals surface area contributed by atoms with Crippen molar-refractivity contribution in [3.05, 3.63) is 0 Å². The summed E-state index contributed by atoms with van der Waals surface area (Å²) in [6, 6.07) is 0.172. The van der Waals surface area contributed by atoms with Crippen LogP contribution in [0.2, 0.25) is 0 Å². The number of nitrogens with zero attached hydrogens (tertiary/aromatic N) is 1. The van der Waals surface area contributed by atoms with Gasteiger partial charge < -0.3 is 14.7 Å². The number of ether oxygens (including phenoxy) is 1. The SMILES string of the molecule is CC(C)(C)OC(=O)N1CC(C(=O)O)CCC1C1CC1. The van der Waals surface area contributed by atoms with E-state index >= 15 is 0 Å². The second-order valence-corrected chi connectivity index (χ2v) is 6.65. The van der Waals surface area contributed by atoms with Crippen LogP contribution in [0.3, 0.4) is 0 Å². The van der Waals surface area contributed by atoms with Gasteiger partial charge in [-0.15, -0.1) is 0 Å². The van der Waals surface area contributed by atoms with Crippen molar-refractivity contribution in [2.75, 3.05) is 6.54 Å². The van der Waals surface area contributed by atoms with Gasteiger partial charge in [0.05, 0.1) is 5.92 Å². The molecule has 1 saturated carbocycles. The first-order valence-electron chi connectivity index (χ1n) is 7.00. The molecule has 1 aliphatic carbocycles. The fourth-order valence-corrected chi connectivity index (χ4v) is 2.70. The molecule has 2 unspecified atom stereocenters. The third-order valence-corrected chi connectivity index (χ3v) is 3.77. The van der Waals surface area contributed by atoms with Crippen LogP contribution in [-0.2, 0) is 9.53 Å². The Balaban J connectivity index is 2.06. The third-order valence-electron chi connectivity index (χ3n) is 3.77. The van der Waals surface area contributed by atoms with Crippen molar-refractivity contribution in [1.82, 2.24) is 4.90 Å². The van der Waals surface area contributed by atoms with E-state index in [0.717, 1.165) is 19.3 Å². The highest BCUT2D eigenvalue weighted by Gasteiger charge is 2.43. The molecule has 0 radical (unpaired) electrons. The molecule has 1 saturated heterocycles. The van der Waals surface area contributed by atoms with Gasteiger partial charge in [0, 0.05) is 12.6 Å². The van der Waals surface area contributed by atoms with Gasteiger partial charge in [-0.25, -0.2) is 4.79 Å². The number of carbonyl (C=O) groups excluding carboxylic acids is 1. The van der Waals surface area contributed by atoms with E-state index in [-0.39, 0.29) is 18.7 Å². The number of piperidine rings is 1. The van der Waals surface area contributed by atoms with Gasteiger partial charge in [0.2, 0.25) is 0 Å². The normalized spacial score (nSPS) is 28.1. The molecule has 5 heteroatoms. The molecule has 2 fully saturated rings. The zero-order valence-electron chi connectivity index (χ0n) is 11.9. The van der Waals surface area contributed by atoms with E-state index in [4.69, 9.17) is 9.84 Å². The Morgan fingerprint density at radius 3 is 2.26 bits per heavy atom. The monoisotopic (exact) mass is 269 g/mol. The van der Waals surface area contributed by atoms with Gasteiger partial charge in [0.15, 0.2) is 0 Å². The van der Waals surface area contributed by atoms with Gasteiger partial charge >= 0.3 is 12.1 Å². The minimum absolute atomic E-state index is 0.172. The molecular formula is C14H23NO4. The predicted molar refractivity (Wildman–Crippen MR) is 69.8 cm³/mol. The second kappa shape index (κ2) is 5.02. The van der Waals surface area contributed by atoms with E-state index in [1.54, 1.807) is 4.90 Å². The molecular weight excluding hydrogens is 246 g/mol. The Bertz CT molecular complexity index is 370. The Morgan fingerprint density at radius 1 is 1.16 bits per heavy atom. The van der Waals surface area contributed by atoms with Gasteiger partial charge in [-0.05, 0) is 52.4 Å². The summed E-state index contributed by atoms with van der Waals surface area (Å²) < 4.78 is 5.41. The molecule has 0 aromatic rings. The van der Waals surface area contributed by atoms with E-state index in [9.17, 15) is 9.59 Å². The standard InChI is InChI=1S/C14H23NO4/c1-14(2,3)19-13(18)15-8-10(12(16)17)6-7-11(15)9-4-5-9/h9-11H,4-8H2,1-3H3,(H,16,17). The number of carboxylic acids is 1. The summed E-state index contributed by atoms with van der Waals surface area (Å²) in [5.41, 5.74) is -0.540. The van der Waals surface area contributed by atoms with Gasteiger partial charge in [-0.1, -0.05) is 0 Å². The van der Waals surface area contributed by atoms with E-state index in [2.05, 4.69) is 0 Å². The molecule has 19 heavy (non-hydrogen) atoms. The highest BCUT2D eigenvalue weighted by molar-refractivity contribution is 5.73. The molecule has 1 amide bonds. The van der Waals surface area contributed by atoms with E-state index in [1.165, 1.54) is 0 Å². The van der Waals surface area contributed by atoms with Crippen molar-refractivity contribution in [3.8, 4) is 0 Å². The van der Waals surface area contributed by atoms with Crippen LogP contribution in [0.5, 0.6) is 0 Å². The van der Waals surface area contributed by atoms with Crippen LogP contribution in [0.15, 0.2) is 0 Å². The molecule has 2 aliphatic rings. The van der Waals surface area contributed by atoms with Crippen LogP contribution in [0, 0.1) is 11.8 Å². The largest absolute Gasteiger partial charge is 0.481 e. The molecule has 2 rings (SSSR count). The Labute approximate surface area is 113 Å². The van der Waals surface area contributed by atoms with Gasteiger partial charge in [-0.3, -0.25) is 4.79 Å². The minimum Gasteiger partial charge on any atom is -0.481 e. The molecule has 1 heterocycles. The number of hydrogen-bond donors (Lipinski definition) is 1. The zero-order chi connectivity index (χ0) is 14.2. The first-order valence-corrected chi connectivity index (χ1v) is 7.00. The Kier molecular flexibility index (Phi) is 3.74. The molecule has 108 valence electrons. The fraction of sp³-hybridized carbons (Fsp3) is 0.857. The summed E-state index contributed by atoms with van der Waals surface area (Å²) in [6.45, 7) is 5.77. The van der Waals surface area contributed by atoms with Crippen LogP contribution in [0.25, 0.3) is 0 Å². The first-order chi connectivity index (χ1) is 8.78. The topological polar surface area (TPSA) is 66.8 Å². The highest BCUT2D eigenvalue weighted by atomic mass is 16.6. The maximum Gasteiger partial charge on any atom is 0.410 e.